The van der Waals surface area contributed by atoms with Gasteiger partial charge in [-0.1, -0.05) is 37.3 Å². The molecule has 3 atom stereocenters. The van der Waals surface area contributed by atoms with E-state index < -0.39 is 5.54 Å². The number of nitrogens with two attached hydrogens (primary N) is 1. The molecule has 1 aliphatic rings. The number of hydrogen-bond donors (Lipinski definition) is 1. The molecule has 19 heavy (non-hydrogen) atoms. The summed E-state index contributed by atoms with van der Waals surface area (Å²) < 4.78 is 0. The van der Waals surface area contributed by atoms with Crippen LogP contribution in [0.1, 0.15) is 25.3 Å². The van der Waals surface area contributed by atoms with E-state index in [9.17, 15) is 5.26 Å². The van der Waals surface area contributed by atoms with E-state index in [1.165, 1.54) is 6.42 Å². The molecule has 1 aromatic carbocycles. The van der Waals surface area contributed by atoms with Crippen molar-refractivity contribution in [1.29, 1.82) is 5.26 Å². The van der Waals surface area contributed by atoms with Crippen LogP contribution in [0.4, 0.5) is 0 Å². The van der Waals surface area contributed by atoms with Crippen LogP contribution in [0.25, 0.3) is 0 Å². The molecule has 1 fully saturated rings. The van der Waals surface area contributed by atoms with E-state index in [0.29, 0.717) is 6.42 Å². The second kappa shape index (κ2) is 5.73. The fourth-order valence-corrected chi connectivity index (χ4v) is 2.51. The first-order valence-electron chi connectivity index (χ1n) is 6.99. The van der Waals surface area contributed by atoms with Crippen molar-refractivity contribution in [2.45, 2.75) is 25.3 Å². The standard InChI is InChI=1S/C16H23N3/c1-13-10-14(13)11-19(2)9-8-16(18,12-17)15-6-4-3-5-7-15/h3-7,13-14H,8-11,18H2,1-2H3. The van der Waals surface area contributed by atoms with Gasteiger partial charge < -0.3 is 10.6 Å². The van der Waals surface area contributed by atoms with Gasteiger partial charge in [0, 0.05) is 13.1 Å². The third-order valence-corrected chi connectivity index (χ3v) is 4.20. The second-order valence-corrected chi connectivity index (χ2v) is 5.93. The molecule has 102 valence electrons. The van der Waals surface area contributed by atoms with E-state index in [-0.39, 0.29) is 0 Å². The zero-order valence-electron chi connectivity index (χ0n) is 11.8. The van der Waals surface area contributed by atoms with Crippen LogP contribution in [0.15, 0.2) is 30.3 Å². The molecular weight excluding hydrogens is 234 g/mol. The average molecular weight is 257 g/mol. The van der Waals surface area contributed by atoms with Gasteiger partial charge in [0.05, 0.1) is 6.07 Å². The highest BCUT2D eigenvalue weighted by Crippen LogP contribution is 2.38. The van der Waals surface area contributed by atoms with Gasteiger partial charge in [0.2, 0.25) is 0 Å². The summed E-state index contributed by atoms with van der Waals surface area (Å²) in [4.78, 5) is 2.30. The quantitative estimate of drug-likeness (QED) is 0.851. The van der Waals surface area contributed by atoms with Crippen LogP contribution in [-0.2, 0) is 5.54 Å². The molecule has 3 heteroatoms. The van der Waals surface area contributed by atoms with Crippen LogP contribution in [0.2, 0.25) is 0 Å². The third kappa shape index (κ3) is 3.56. The molecule has 0 aromatic heterocycles. The molecule has 1 saturated carbocycles. The van der Waals surface area contributed by atoms with Gasteiger partial charge in [0.1, 0.15) is 5.54 Å². The van der Waals surface area contributed by atoms with Gasteiger partial charge in [-0.25, -0.2) is 0 Å². The van der Waals surface area contributed by atoms with Crippen LogP contribution >= 0.6 is 0 Å². The summed E-state index contributed by atoms with van der Waals surface area (Å²) in [5, 5.41) is 9.39. The van der Waals surface area contributed by atoms with Crippen molar-refractivity contribution in [3.05, 3.63) is 35.9 Å². The summed E-state index contributed by atoms with van der Waals surface area (Å²) >= 11 is 0. The van der Waals surface area contributed by atoms with E-state index in [1.54, 1.807) is 0 Å². The zero-order valence-corrected chi connectivity index (χ0v) is 11.8. The van der Waals surface area contributed by atoms with E-state index in [0.717, 1.165) is 30.5 Å². The molecule has 1 aliphatic carbocycles. The van der Waals surface area contributed by atoms with Crippen molar-refractivity contribution < 1.29 is 0 Å². The first-order chi connectivity index (χ1) is 9.05. The molecule has 0 aliphatic heterocycles. The van der Waals surface area contributed by atoms with Gasteiger partial charge in [0.25, 0.3) is 0 Å². The highest BCUT2D eigenvalue weighted by Gasteiger charge is 2.34. The second-order valence-electron chi connectivity index (χ2n) is 5.93. The maximum Gasteiger partial charge on any atom is 0.131 e. The van der Waals surface area contributed by atoms with Crippen LogP contribution in [0.5, 0.6) is 0 Å². The lowest BCUT2D eigenvalue weighted by Crippen LogP contribution is -2.39. The Hall–Kier alpha value is -1.37. The van der Waals surface area contributed by atoms with Gasteiger partial charge in [-0.2, -0.15) is 5.26 Å². The summed E-state index contributed by atoms with van der Waals surface area (Å²) in [5.41, 5.74) is 6.29. The molecule has 1 aromatic rings. The van der Waals surface area contributed by atoms with Gasteiger partial charge in [-0.05, 0) is 37.3 Å². The largest absolute Gasteiger partial charge is 0.310 e. The topological polar surface area (TPSA) is 53.0 Å². The fraction of sp³-hybridized carbons (Fsp3) is 0.562. The number of benzene rings is 1. The molecule has 2 N–H and O–H groups in total. The molecule has 0 spiro atoms. The average Bonchev–Trinajstić information content (AvgIpc) is 3.12. The Balaban J connectivity index is 1.90. The molecule has 0 amide bonds. The monoisotopic (exact) mass is 257 g/mol. The third-order valence-electron chi connectivity index (χ3n) is 4.20. The van der Waals surface area contributed by atoms with E-state index in [2.05, 4.69) is 24.9 Å². The van der Waals surface area contributed by atoms with Gasteiger partial charge >= 0.3 is 0 Å². The SMILES string of the molecule is CC1CC1CN(C)CCC(N)(C#N)c1ccccc1. The Labute approximate surface area is 116 Å². The minimum absolute atomic E-state index is 0.672. The van der Waals surface area contributed by atoms with Crippen LogP contribution in [-0.4, -0.2) is 25.0 Å². The highest BCUT2D eigenvalue weighted by atomic mass is 15.1. The summed E-state index contributed by atoms with van der Waals surface area (Å²) in [6, 6.07) is 12.0. The maximum atomic E-state index is 9.39. The summed E-state index contributed by atoms with van der Waals surface area (Å²) in [6.45, 7) is 4.28. The summed E-state index contributed by atoms with van der Waals surface area (Å²) in [5.74, 6) is 1.71. The lowest BCUT2D eigenvalue weighted by Gasteiger charge is -2.25. The molecule has 0 radical (unpaired) electrons. The number of rotatable bonds is 6. The van der Waals surface area contributed by atoms with Crippen molar-refractivity contribution in [2.75, 3.05) is 20.1 Å². The van der Waals surface area contributed by atoms with Crippen LogP contribution < -0.4 is 5.73 Å². The number of hydrogen-bond acceptors (Lipinski definition) is 3. The smallest absolute Gasteiger partial charge is 0.131 e. The predicted octanol–water partition coefficient (Wildman–Crippen LogP) is 2.34. The summed E-state index contributed by atoms with van der Waals surface area (Å²) in [6.07, 6.45) is 2.01. The number of nitriles is 1. The van der Waals surface area contributed by atoms with Gasteiger partial charge in [-0.3, -0.25) is 0 Å². The Kier molecular flexibility index (Phi) is 4.24. The van der Waals surface area contributed by atoms with E-state index in [1.807, 2.05) is 30.3 Å². The molecule has 0 heterocycles. The lowest BCUT2D eigenvalue weighted by molar-refractivity contribution is 0.288. The molecule has 3 nitrogen and oxygen atoms in total. The zero-order chi connectivity index (χ0) is 13.9. The van der Waals surface area contributed by atoms with Gasteiger partial charge in [0.15, 0.2) is 0 Å². The highest BCUT2D eigenvalue weighted by molar-refractivity contribution is 5.30. The molecule has 3 unspecified atom stereocenters. The van der Waals surface area contributed by atoms with Crippen molar-refractivity contribution in [3.8, 4) is 6.07 Å². The van der Waals surface area contributed by atoms with E-state index >= 15 is 0 Å². The summed E-state index contributed by atoms with van der Waals surface area (Å²) in [7, 11) is 2.12. The normalized spacial score (nSPS) is 24.8. The van der Waals surface area contributed by atoms with Crippen molar-refractivity contribution in [1.82, 2.24) is 4.90 Å². The fourth-order valence-electron chi connectivity index (χ4n) is 2.51. The minimum atomic E-state index is -0.870. The van der Waals surface area contributed by atoms with Crippen LogP contribution in [0, 0.1) is 23.2 Å². The van der Waals surface area contributed by atoms with Crippen molar-refractivity contribution >= 4 is 0 Å². The molecule has 0 bridgehead atoms. The Morgan fingerprint density at radius 3 is 2.58 bits per heavy atom. The Bertz CT molecular complexity index is 451. The number of nitrogens with zero attached hydrogens (tertiary/aromatic N) is 2. The van der Waals surface area contributed by atoms with Crippen LogP contribution in [0.3, 0.4) is 0 Å². The molecule has 0 saturated heterocycles. The molecular formula is C16H23N3. The maximum absolute atomic E-state index is 9.39. The Morgan fingerprint density at radius 2 is 2.05 bits per heavy atom. The van der Waals surface area contributed by atoms with Crippen molar-refractivity contribution in [3.63, 3.8) is 0 Å². The van der Waals surface area contributed by atoms with Crippen molar-refractivity contribution in [2.24, 2.45) is 17.6 Å². The first-order valence-corrected chi connectivity index (χ1v) is 6.99. The predicted molar refractivity (Wildman–Crippen MR) is 77.3 cm³/mol. The Morgan fingerprint density at radius 1 is 1.42 bits per heavy atom. The first kappa shape index (κ1) is 14.0. The van der Waals surface area contributed by atoms with Gasteiger partial charge in [-0.15, -0.1) is 0 Å². The lowest BCUT2D eigenvalue weighted by atomic mass is 9.89. The van der Waals surface area contributed by atoms with E-state index in [4.69, 9.17) is 5.73 Å². The minimum Gasteiger partial charge on any atom is -0.310 e. The molecule has 2 rings (SSSR count).